The summed E-state index contributed by atoms with van der Waals surface area (Å²) in [4.78, 5) is 30.4. The van der Waals surface area contributed by atoms with Crippen molar-refractivity contribution in [2.24, 2.45) is 0 Å². The average molecular weight is 427 g/mol. The van der Waals surface area contributed by atoms with Crippen molar-refractivity contribution in [3.8, 4) is 5.75 Å². The van der Waals surface area contributed by atoms with Crippen molar-refractivity contribution in [1.29, 1.82) is 0 Å². The summed E-state index contributed by atoms with van der Waals surface area (Å²) in [7, 11) is 0. The van der Waals surface area contributed by atoms with Gasteiger partial charge in [0.25, 0.3) is 11.8 Å². The van der Waals surface area contributed by atoms with Gasteiger partial charge in [-0.3, -0.25) is 19.8 Å². The molecule has 0 fully saturated rings. The van der Waals surface area contributed by atoms with Gasteiger partial charge in [0.05, 0.1) is 0 Å². The van der Waals surface area contributed by atoms with E-state index >= 15 is 0 Å². The number of aryl methyl sites for hydroxylation is 1. The minimum absolute atomic E-state index is 0.0222. The molecule has 3 rings (SSSR count). The van der Waals surface area contributed by atoms with Gasteiger partial charge in [0.2, 0.25) is 0 Å². The van der Waals surface area contributed by atoms with E-state index < -0.39 is 5.91 Å². The second kappa shape index (κ2) is 10.9. The Morgan fingerprint density at radius 2 is 1.97 bits per heavy atom. The monoisotopic (exact) mass is 426 g/mol. The van der Waals surface area contributed by atoms with Crippen LogP contribution in [0.2, 0.25) is 0 Å². The van der Waals surface area contributed by atoms with Crippen molar-refractivity contribution in [2.45, 2.75) is 39.2 Å². The maximum absolute atomic E-state index is 12.4. The number of nitrogens with zero attached hydrogens (tertiary/aromatic N) is 2. The van der Waals surface area contributed by atoms with Crippen molar-refractivity contribution < 1.29 is 19.5 Å². The fraction of sp³-hybridized carbons (Fsp3) is 0.435. The average Bonchev–Trinajstić information content (AvgIpc) is 2.81. The summed E-state index contributed by atoms with van der Waals surface area (Å²) in [5, 5.41) is 11.7. The van der Waals surface area contributed by atoms with Gasteiger partial charge in [-0.2, -0.15) is 0 Å². The van der Waals surface area contributed by atoms with E-state index in [2.05, 4.69) is 29.0 Å². The Balaban J connectivity index is 1.57. The zero-order chi connectivity index (χ0) is 22.2. The molecule has 1 unspecified atom stereocenters. The molecular formula is C23H30N4O4. The highest BCUT2D eigenvalue weighted by molar-refractivity contribution is 5.93. The molecule has 0 saturated carbocycles. The van der Waals surface area contributed by atoms with E-state index in [0.717, 1.165) is 43.6 Å². The largest absolute Gasteiger partial charge is 0.490 e. The quantitative estimate of drug-likeness (QED) is 0.420. The molecule has 0 spiro atoms. The topological polar surface area (TPSA) is 104 Å². The van der Waals surface area contributed by atoms with Crippen LogP contribution in [0.5, 0.6) is 5.75 Å². The number of ether oxygens (including phenoxy) is 1. The Kier molecular flexibility index (Phi) is 7.97. The van der Waals surface area contributed by atoms with Crippen molar-refractivity contribution >= 4 is 11.8 Å². The van der Waals surface area contributed by atoms with Crippen LogP contribution in [0.1, 0.15) is 52.2 Å². The molecule has 0 radical (unpaired) electrons. The number of nitrogens with one attached hydrogen (secondary N) is 2. The predicted octanol–water partition coefficient (Wildman–Crippen LogP) is 2.21. The molecule has 1 aromatic carbocycles. The number of rotatable bonds is 9. The lowest BCUT2D eigenvalue weighted by Gasteiger charge is -2.26. The van der Waals surface area contributed by atoms with E-state index in [1.807, 2.05) is 12.1 Å². The first kappa shape index (κ1) is 22.7. The van der Waals surface area contributed by atoms with Gasteiger partial charge in [-0.1, -0.05) is 19.9 Å². The number of aromatic nitrogens is 1. The van der Waals surface area contributed by atoms with Crippen LogP contribution in [0.25, 0.3) is 0 Å². The third-order valence-corrected chi connectivity index (χ3v) is 5.63. The molecule has 8 nitrogen and oxygen atoms in total. The van der Waals surface area contributed by atoms with E-state index in [0.29, 0.717) is 30.0 Å². The van der Waals surface area contributed by atoms with Crippen LogP contribution in [0, 0.1) is 0 Å². The molecule has 31 heavy (non-hydrogen) atoms. The predicted molar refractivity (Wildman–Crippen MR) is 116 cm³/mol. The molecule has 0 aliphatic heterocycles. The Bertz CT molecular complexity index is 914. The minimum atomic E-state index is -0.513. The lowest BCUT2D eigenvalue weighted by Crippen LogP contribution is -2.35. The van der Waals surface area contributed by atoms with Gasteiger partial charge in [-0.05, 0) is 55.3 Å². The number of likely N-dealkylation sites (N-methyl/N-ethyl adjacent to an activating group) is 1. The standard InChI is InChI=1S/C23H30N4O4/c1-3-27(4-2)12-11-25-23(29)21-15-20(9-10-24-21)31-19-8-7-16-13-18(22(28)26-30)6-5-17(16)14-19/h5-6,9-10,13,15,19,30H,3-4,7-8,11-12,14H2,1-2H3,(H,25,29)(H,26,28). The molecule has 1 heterocycles. The van der Waals surface area contributed by atoms with Gasteiger partial charge in [0.1, 0.15) is 17.5 Å². The second-order valence-corrected chi connectivity index (χ2v) is 7.57. The zero-order valence-corrected chi connectivity index (χ0v) is 18.1. The zero-order valence-electron chi connectivity index (χ0n) is 18.1. The van der Waals surface area contributed by atoms with Crippen molar-refractivity contribution in [1.82, 2.24) is 20.7 Å². The summed E-state index contributed by atoms with van der Waals surface area (Å²) in [6, 6.07) is 8.84. The first-order valence-corrected chi connectivity index (χ1v) is 10.7. The van der Waals surface area contributed by atoms with Crippen molar-refractivity contribution in [3.05, 3.63) is 58.9 Å². The summed E-state index contributed by atoms with van der Waals surface area (Å²) in [6.07, 6.45) is 3.85. The van der Waals surface area contributed by atoms with Gasteiger partial charge >= 0.3 is 0 Å². The Morgan fingerprint density at radius 3 is 2.71 bits per heavy atom. The molecule has 8 heteroatoms. The first-order valence-electron chi connectivity index (χ1n) is 10.7. The first-order chi connectivity index (χ1) is 15.0. The van der Waals surface area contributed by atoms with Crippen LogP contribution >= 0.6 is 0 Å². The Hall–Kier alpha value is -2.97. The van der Waals surface area contributed by atoms with E-state index in [4.69, 9.17) is 9.94 Å². The molecule has 2 amide bonds. The van der Waals surface area contributed by atoms with Crippen molar-refractivity contribution in [3.63, 3.8) is 0 Å². The minimum Gasteiger partial charge on any atom is -0.490 e. The molecule has 166 valence electrons. The fourth-order valence-electron chi connectivity index (χ4n) is 3.79. The molecule has 0 bridgehead atoms. The maximum atomic E-state index is 12.4. The van der Waals surface area contributed by atoms with E-state index in [9.17, 15) is 9.59 Å². The number of benzene rings is 1. The molecule has 1 aliphatic carbocycles. The molecular weight excluding hydrogens is 396 g/mol. The Morgan fingerprint density at radius 1 is 1.16 bits per heavy atom. The fourth-order valence-corrected chi connectivity index (χ4v) is 3.79. The number of pyridine rings is 1. The highest BCUT2D eigenvalue weighted by Crippen LogP contribution is 2.26. The van der Waals surface area contributed by atoms with Crippen LogP contribution in [0.15, 0.2) is 36.5 Å². The van der Waals surface area contributed by atoms with Crippen LogP contribution in [-0.4, -0.2) is 59.2 Å². The summed E-state index contributed by atoms with van der Waals surface area (Å²) < 4.78 is 6.13. The molecule has 3 N–H and O–H groups in total. The molecule has 1 aromatic heterocycles. The summed E-state index contributed by atoms with van der Waals surface area (Å²) in [6.45, 7) is 7.48. The maximum Gasteiger partial charge on any atom is 0.274 e. The van der Waals surface area contributed by atoms with E-state index in [-0.39, 0.29) is 12.0 Å². The lowest BCUT2D eigenvalue weighted by atomic mass is 9.88. The summed E-state index contributed by atoms with van der Waals surface area (Å²) in [5.41, 5.74) is 4.65. The van der Waals surface area contributed by atoms with Gasteiger partial charge < -0.3 is 15.0 Å². The molecule has 1 aliphatic rings. The van der Waals surface area contributed by atoms with Crippen LogP contribution in [0.4, 0.5) is 0 Å². The number of amides is 2. The molecule has 0 saturated heterocycles. The Labute approximate surface area is 182 Å². The number of hydrogen-bond donors (Lipinski definition) is 3. The van der Waals surface area contributed by atoms with E-state index in [1.54, 1.807) is 29.9 Å². The van der Waals surface area contributed by atoms with Crippen LogP contribution in [-0.2, 0) is 12.8 Å². The van der Waals surface area contributed by atoms with Crippen LogP contribution < -0.4 is 15.5 Å². The number of hydroxylamine groups is 1. The second-order valence-electron chi connectivity index (χ2n) is 7.57. The summed E-state index contributed by atoms with van der Waals surface area (Å²) in [5.74, 6) is -0.101. The lowest BCUT2D eigenvalue weighted by molar-refractivity contribution is 0.0706. The van der Waals surface area contributed by atoms with E-state index in [1.165, 1.54) is 0 Å². The third-order valence-electron chi connectivity index (χ3n) is 5.63. The molecule has 1 atom stereocenters. The number of carbonyl (C=O) groups excluding carboxylic acids is 2. The number of hydrogen-bond acceptors (Lipinski definition) is 6. The van der Waals surface area contributed by atoms with Crippen molar-refractivity contribution in [2.75, 3.05) is 26.2 Å². The van der Waals surface area contributed by atoms with Crippen LogP contribution in [0.3, 0.4) is 0 Å². The van der Waals surface area contributed by atoms with Gasteiger partial charge in [0.15, 0.2) is 0 Å². The number of carbonyl (C=O) groups is 2. The third kappa shape index (κ3) is 6.02. The number of fused-ring (bicyclic) bond motifs is 1. The highest BCUT2D eigenvalue weighted by Gasteiger charge is 2.22. The molecule has 2 aromatic rings. The smallest absolute Gasteiger partial charge is 0.274 e. The van der Waals surface area contributed by atoms with Gasteiger partial charge in [-0.15, -0.1) is 0 Å². The highest BCUT2D eigenvalue weighted by atomic mass is 16.5. The normalized spacial score (nSPS) is 15.3. The van der Waals surface area contributed by atoms with Gasteiger partial charge in [-0.25, -0.2) is 5.48 Å². The SMILES string of the molecule is CCN(CC)CCNC(=O)c1cc(OC2CCc3cc(C(=O)NO)ccc3C2)ccn1. The van der Waals surface area contributed by atoms with Gasteiger partial charge in [0, 0.05) is 37.3 Å². The summed E-state index contributed by atoms with van der Waals surface area (Å²) >= 11 is 0.